The Morgan fingerprint density at radius 2 is 2.04 bits per heavy atom. The Hall–Kier alpha value is -3.20. The highest BCUT2D eigenvalue weighted by molar-refractivity contribution is 7.71. The van der Waals surface area contributed by atoms with Crippen molar-refractivity contribution in [3.8, 4) is 0 Å². The van der Waals surface area contributed by atoms with Gasteiger partial charge in [-0.25, -0.2) is 14.9 Å². The number of amides is 1. The molecule has 122 valence electrons. The van der Waals surface area contributed by atoms with Gasteiger partial charge in [-0.1, -0.05) is 30.3 Å². The van der Waals surface area contributed by atoms with Crippen molar-refractivity contribution >= 4 is 35.0 Å². The van der Waals surface area contributed by atoms with E-state index in [1.54, 1.807) is 0 Å². The van der Waals surface area contributed by atoms with Gasteiger partial charge in [0, 0.05) is 12.1 Å². The van der Waals surface area contributed by atoms with Crippen LogP contribution in [-0.2, 0) is 11.3 Å². The van der Waals surface area contributed by atoms with Crippen LogP contribution in [0.15, 0.2) is 48.5 Å². The molecular weight excluding hydrogens is 332 g/mol. The average Bonchev–Trinajstić information content (AvgIpc) is 2.89. The molecule has 2 aromatic carbocycles. The molecule has 0 bridgehead atoms. The van der Waals surface area contributed by atoms with Crippen molar-refractivity contribution in [1.82, 2.24) is 9.66 Å². The molecular formula is C15H12N4O4S. The number of nitrogens with one attached hydrogen (secondary N) is 2. The molecule has 0 aliphatic rings. The highest BCUT2D eigenvalue weighted by atomic mass is 32.1. The minimum Gasteiger partial charge on any atom is -0.443 e. The molecule has 2 N–H and O–H groups in total. The molecule has 0 radical (unpaired) electrons. The lowest BCUT2D eigenvalue weighted by atomic mass is 10.2. The van der Waals surface area contributed by atoms with Crippen LogP contribution in [0.5, 0.6) is 0 Å². The van der Waals surface area contributed by atoms with E-state index in [2.05, 4.69) is 10.4 Å². The molecule has 0 atom stereocenters. The van der Waals surface area contributed by atoms with Crippen LogP contribution >= 0.6 is 12.2 Å². The second kappa shape index (κ2) is 6.50. The molecule has 0 spiro atoms. The Morgan fingerprint density at radius 3 is 2.75 bits per heavy atom. The van der Waals surface area contributed by atoms with Gasteiger partial charge >= 0.3 is 6.09 Å². The van der Waals surface area contributed by atoms with Crippen molar-refractivity contribution in [3.63, 3.8) is 0 Å². The van der Waals surface area contributed by atoms with Gasteiger partial charge in [0.25, 0.3) is 5.69 Å². The minimum absolute atomic E-state index is 0.0717. The van der Waals surface area contributed by atoms with Crippen molar-refractivity contribution in [1.29, 1.82) is 0 Å². The van der Waals surface area contributed by atoms with Gasteiger partial charge in [0.1, 0.15) is 6.61 Å². The second-order valence-electron chi connectivity index (χ2n) is 4.90. The third-order valence-corrected chi connectivity index (χ3v) is 3.58. The predicted molar refractivity (Wildman–Crippen MR) is 89.8 cm³/mol. The lowest BCUT2D eigenvalue weighted by molar-refractivity contribution is -0.384. The first-order valence-electron chi connectivity index (χ1n) is 6.91. The lowest BCUT2D eigenvalue weighted by Gasteiger charge is -2.08. The van der Waals surface area contributed by atoms with E-state index in [1.165, 1.54) is 22.9 Å². The van der Waals surface area contributed by atoms with E-state index in [9.17, 15) is 14.9 Å². The first kappa shape index (κ1) is 15.7. The van der Waals surface area contributed by atoms with Crippen molar-refractivity contribution in [2.75, 3.05) is 5.43 Å². The first-order chi connectivity index (χ1) is 11.5. The van der Waals surface area contributed by atoms with Crippen LogP contribution in [-0.4, -0.2) is 20.7 Å². The Morgan fingerprint density at radius 1 is 1.29 bits per heavy atom. The number of nitro benzene ring substituents is 1. The Bertz CT molecular complexity index is 965. The van der Waals surface area contributed by atoms with Crippen LogP contribution < -0.4 is 5.43 Å². The molecule has 0 saturated heterocycles. The summed E-state index contributed by atoms with van der Waals surface area (Å²) in [4.78, 5) is 25.0. The topological polar surface area (TPSA) is 102 Å². The summed E-state index contributed by atoms with van der Waals surface area (Å²) < 4.78 is 6.63. The van der Waals surface area contributed by atoms with Gasteiger partial charge in [-0.2, -0.15) is 0 Å². The van der Waals surface area contributed by atoms with Crippen LogP contribution in [0.25, 0.3) is 11.0 Å². The van der Waals surface area contributed by atoms with Crippen LogP contribution in [0, 0.1) is 14.9 Å². The summed E-state index contributed by atoms with van der Waals surface area (Å²) in [6.07, 6.45) is -0.686. The molecule has 1 aromatic heterocycles. The number of nitrogens with zero attached hydrogens (tertiary/aromatic N) is 2. The average molecular weight is 344 g/mol. The molecule has 9 heteroatoms. The van der Waals surface area contributed by atoms with Gasteiger partial charge in [-0.05, 0) is 23.8 Å². The summed E-state index contributed by atoms with van der Waals surface area (Å²) in [6, 6.07) is 13.4. The molecule has 0 aliphatic heterocycles. The molecule has 1 heterocycles. The fourth-order valence-corrected chi connectivity index (χ4v) is 2.42. The first-order valence-corrected chi connectivity index (χ1v) is 7.32. The van der Waals surface area contributed by atoms with Crippen LogP contribution in [0.2, 0.25) is 0 Å². The number of aromatic amines is 1. The summed E-state index contributed by atoms with van der Waals surface area (Å²) in [7, 11) is 0. The maximum Gasteiger partial charge on any atom is 0.426 e. The second-order valence-corrected chi connectivity index (χ2v) is 5.28. The maximum atomic E-state index is 11.9. The zero-order valence-corrected chi connectivity index (χ0v) is 13.1. The summed E-state index contributed by atoms with van der Waals surface area (Å²) in [6.45, 7) is 0.119. The quantitative estimate of drug-likeness (QED) is 0.428. The number of carbonyl (C=O) groups excluding carboxylic acids is 1. The number of imidazole rings is 1. The molecule has 0 fully saturated rings. The third-order valence-electron chi connectivity index (χ3n) is 3.29. The standard InChI is InChI=1S/C15H12N4O4S/c20-15(23-9-10-4-2-1-3-5-10)17-18-13-7-6-11(19(21)22)8-12(13)16-14(18)24/h1-8H,9H2,(H,16,24)(H,17,20). The number of non-ortho nitro benzene ring substituents is 1. The zero-order valence-electron chi connectivity index (χ0n) is 12.3. The van der Waals surface area contributed by atoms with Gasteiger partial charge < -0.3 is 9.72 Å². The number of fused-ring (bicyclic) bond motifs is 1. The van der Waals surface area contributed by atoms with Gasteiger partial charge in [-0.3, -0.25) is 10.1 Å². The summed E-state index contributed by atoms with van der Waals surface area (Å²) in [5, 5.41) is 10.8. The number of H-pyrrole nitrogens is 1. The monoisotopic (exact) mass is 344 g/mol. The number of aromatic nitrogens is 2. The predicted octanol–water partition coefficient (Wildman–Crippen LogP) is 3.49. The van der Waals surface area contributed by atoms with Crippen molar-refractivity contribution in [2.45, 2.75) is 6.61 Å². The molecule has 24 heavy (non-hydrogen) atoms. The Balaban J connectivity index is 1.77. The molecule has 1 amide bonds. The SMILES string of the molecule is O=C(Nn1c(=S)[nH]c2cc([N+](=O)[O-])ccc21)OCc1ccccc1. The molecule has 0 unspecified atom stereocenters. The van der Waals surface area contributed by atoms with Crippen molar-refractivity contribution in [2.24, 2.45) is 0 Å². The minimum atomic E-state index is -0.686. The van der Waals surface area contributed by atoms with Crippen LogP contribution in [0.1, 0.15) is 5.56 Å². The zero-order chi connectivity index (χ0) is 17.1. The number of hydrogen-bond donors (Lipinski definition) is 2. The third kappa shape index (κ3) is 3.25. The summed E-state index contributed by atoms with van der Waals surface area (Å²) in [5.74, 6) is 0. The number of nitro groups is 1. The van der Waals surface area contributed by atoms with E-state index in [-0.39, 0.29) is 17.1 Å². The van der Waals surface area contributed by atoms with Crippen molar-refractivity contribution < 1.29 is 14.5 Å². The number of carbonyl (C=O) groups is 1. The Labute approximate surface area is 140 Å². The fraction of sp³-hybridized carbons (Fsp3) is 0.0667. The summed E-state index contributed by atoms with van der Waals surface area (Å²) in [5.41, 5.74) is 4.23. The van der Waals surface area contributed by atoms with Gasteiger partial charge in [0.05, 0.1) is 16.0 Å². The molecule has 3 rings (SSSR count). The molecule has 3 aromatic rings. The molecule has 0 saturated carbocycles. The van der Waals surface area contributed by atoms with E-state index in [4.69, 9.17) is 17.0 Å². The smallest absolute Gasteiger partial charge is 0.426 e. The van der Waals surface area contributed by atoms with Crippen LogP contribution in [0.4, 0.5) is 10.5 Å². The van der Waals surface area contributed by atoms with E-state index >= 15 is 0 Å². The number of rotatable bonds is 4. The summed E-state index contributed by atoms with van der Waals surface area (Å²) >= 11 is 5.13. The van der Waals surface area contributed by atoms with E-state index in [0.29, 0.717) is 11.0 Å². The normalized spacial score (nSPS) is 10.5. The largest absolute Gasteiger partial charge is 0.443 e. The fourth-order valence-electron chi connectivity index (χ4n) is 2.17. The van der Waals surface area contributed by atoms with E-state index in [1.807, 2.05) is 30.3 Å². The van der Waals surface area contributed by atoms with Gasteiger partial charge in [-0.15, -0.1) is 0 Å². The van der Waals surface area contributed by atoms with E-state index in [0.717, 1.165) is 5.56 Å². The highest BCUT2D eigenvalue weighted by Gasteiger charge is 2.12. The van der Waals surface area contributed by atoms with Gasteiger partial charge in [0.15, 0.2) is 4.77 Å². The highest BCUT2D eigenvalue weighted by Crippen LogP contribution is 2.19. The van der Waals surface area contributed by atoms with E-state index < -0.39 is 11.0 Å². The number of benzene rings is 2. The number of hydrogen-bond acceptors (Lipinski definition) is 5. The number of ether oxygens (including phenoxy) is 1. The maximum absolute atomic E-state index is 11.9. The van der Waals surface area contributed by atoms with Gasteiger partial charge in [0.2, 0.25) is 0 Å². The van der Waals surface area contributed by atoms with Crippen molar-refractivity contribution in [3.05, 3.63) is 69.0 Å². The molecule has 0 aliphatic carbocycles. The van der Waals surface area contributed by atoms with Crippen LogP contribution in [0.3, 0.4) is 0 Å². The molecule has 8 nitrogen and oxygen atoms in total. The Kier molecular flexibility index (Phi) is 4.25. The lowest BCUT2D eigenvalue weighted by Crippen LogP contribution is -2.23.